The van der Waals surface area contributed by atoms with Crippen LogP contribution < -0.4 is 4.90 Å². The highest BCUT2D eigenvalue weighted by molar-refractivity contribution is 6.23. The molecule has 0 radical (unpaired) electrons. The maximum atomic E-state index is 2.44. The van der Waals surface area contributed by atoms with Gasteiger partial charge in [0.1, 0.15) is 0 Å². The van der Waals surface area contributed by atoms with Gasteiger partial charge in [-0.25, -0.2) is 0 Å². The van der Waals surface area contributed by atoms with Gasteiger partial charge in [0.25, 0.3) is 0 Å². The highest BCUT2D eigenvalue weighted by atomic mass is 15.1. The van der Waals surface area contributed by atoms with Crippen molar-refractivity contribution in [1.82, 2.24) is 4.57 Å². The van der Waals surface area contributed by atoms with Gasteiger partial charge in [-0.05, 0) is 183 Å². The van der Waals surface area contributed by atoms with Gasteiger partial charge in [-0.15, -0.1) is 0 Å². The number of hydrogen-bond acceptors (Lipinski definition) is 1. The van der Waals surface area contributed by atoms with Crippen LogP contribution in [0.1, 0.15) is 0 Å². The summed E-state index contributed by atoms with van der Waals surface area (Å²) in [6.45, 7) is 0. The molecule has 0 spiro atoms. The predicted octanol–water partition coefficient (Wildman–Crippen LogP) is 23.4. The van der Waals surface area contributed by atoms with Gasteiger partial charge in [-0.3, -0.25) is 0 Å². The van der Waals surface area contributed by atoms with Crippen molar-refractivity contribution < 1.29 is 0 Å². The maximum absolute atomic E-state index is 2.44. The van der Waals surface area contributed by atoms with Crippen LogP contribution in [0.3, 0.4) is 0 Å². The number of nitrogens with zero attached hydrogens (tertiary/aromatic N) is 2. The van der Waals surface area contributed by atoms with E-state index in [1.807, 2.05) is 0 Å². The molecule has 0 saturated carbocycles. The van der Waals surface area contributed by atoms with Gasteiger partial charge in [0.2, 0.25) is 0 Å². The molecule has 402 valence electrons. The lowest BCUT2D eigenvalue weighted by molar-refractivity contribution is 1.17. The summed E-state index contributed by atoms with van der Waals surface area (Å²) in [6, 6.07) is 124. The molecule has 86 heavy (non-hydrogen) atoms. The summed E-state index contributed by atoms with van der Waals surface area (Å²) in [5, 5.41) is 9.94. The molecule has 0 aliphatic heterocycles. The van der Waals surface area contributed by atoms with Crippen molar-refractivity contribution in [2.24, 2.45) is 0 Å². The predicted molar refractivity (Wildman–Crippen MR) is 366 cm³/mol. The van der Waals surface area contributed by atoms with Crippen LogP contribution in [0.2, 0.25) is 0 Å². The third kappa shape index (κ3) is 8.83. The summed E-state index contributed by atoms with van der Waals surface area (Å²) in [7, 11) is 0. The molecule has 0 aliphatic rings. The summed E-state index contributed by atoms with van der Waals surface area (Å²) in [4.78, 5) is 2.35. The first-order valence-electron chi connectivity index (χ1n) is 29.6. The Bertz CT molecular complexity index is 4980. The Balaban J connectivity index is 0.759. The standard InChI is InChI=1S/C84H56N2/c1-4-21-59(22-5-1)69-29-12-14-32-72(69)63-45-53-81-79(55-63)80-56-64(73-33-15-13-30-70(73)60-23-6-2-7-24-60)46-54-82(80)86(81)68-51-49-67(50-52-68)85(65-27-8-3-9-28-65)66-47-43-58(44-48-66)57-39-41-62(42-40-57)83-75-34-16-18-36-77(75)84(78-37-19-17-35-76(78)83)74-38-20-26-61-25-10-11-31-71(61)74/h1-56H. The van der Waals surface area contributed by atoms with Crippen LogP contribution in [-0.2, 0) is 0 Å². The number of para-hydroxylation sites is 1. The van der Waals surface area contributed by atoms with E-state index in [0.717, 1.165) is 39.3 Å². The number of fused-ring (bicyclic) bond motifs is 6. The zero-order valence-electron chi connectivity index (χ0n) is 47.2. The Morgan fingerprint density at radius 2 is 0.547 bits per heavy atom. The fourth-order valence-corrected chi connectivity index (χ4v) is 13.4. The summed E-state index contributed by atoms with van der Waals surface area (Å²) in [5.74, 6) is 0. The average Bonchev–Trinajstić information content (AvgIpc) is 1.61. The molecule has 2 nitrogen and oxygen atoms in total. The fraction of sp³-hybridized carbons (Fsp3) is 0. The summed E-state index contributed by atoms with van der Waals surface area (Å²) in [5.41, 5.74) is 23.6. The molecule has 0 N–H and O–H groups in total. The molecule has 0 unspecified atom stereocenters. The Kier molecular flexibility index (Phi) is 12.6. The molecule has 1 heterocycles. The zero-order chi connectivity index (χ0) is 56.9. The van der Waals surface area contributed by atoms with Crippen LogP contribution in [0.25, 0.3) is 138 Å². The first-order valence-corrected chi connectivity index (χ1v) is 29.6. The molecule has 16 aromatic rings. The van der Waals surface area contributed by atoms with Crippen molar-refractivity contribution in [2.45, 2.75) is 0 Å². The summed E-state index contributed by atoms with van der Waals surface area (Å²) in [6.07, 6.45) is 0. The summed E-state index contributed by atoms with van der Waals surface area (Å²) >= 11 is 0. The van der Waals surface area contributed by atoms with E-state index in [9.17, 15) is 0 Å². The molecule has 0 aliphatic carbocycles. The fourth-order valence-electron chi connectivity index (χ4n) is 13.4. The number of aromatic nitrogens is 1. The lowest BCUT2D eigenvalue weighted by atomic mass is 9.84. The van der Waals surface area contributed by atoms with Gasteiger partial charge >= 0.3 is 0 Å². The van der Waals surface area contributed by atoms with E-state index in [1.54, 1.807) is 0 Å². The van der Waals surface area contributed by atoms with Crippen LogP contribution in [0.4, 0.5) is 17.1 Å². The van der Waals surface area contributed by atoms with E-state index >= 15 is 0 Å². The Hall–Kier alpha value is -11.3. The summed E-state index contributed by atoms with van der Waals surface area (Å²) < 4.78 is 2.44. The number of rotatable bonds is 11. The number of benzene rings is 15. The second kappa shape index (κ2) is 21.5. The van der Waals surface area contributed by atoms with Crippen LogP contribution >= 0.6 is 0 Å². The van der Waals surface area contributed by atoms with Crippen molar-refractivity contribution in [3.8, 4) is 83.6 Å². The largest absolute Gasteiger partial charge is 0.311 e. The van der Waals surface area contributed by atoms with Gasteiger partial charge in [-0.1, -0.05) is 267 Å². The van der Waals surface area contributed by atoms with Crippen molar-refractivity contribution in [2.75, 3.05) is 4.90 Å². The molecule has 2 heteroatoms. The van der Waals surface area contributed by atoms with E-state index < -0.39 is 0 Å². The molecular formula is C84H56N2. The maximum Gasteiger partial charge on any atom is 0.0541 e. The molecule has 0 atom stereocenters. The van der Waals surface area contributed by atoms with Gasteiger partial charge < -0.3 is 9.47 Å². The van der Waals surface area contributed by atoms with Gasteiger partial charge in [0.05, 0.1) is 11.0 Å². The van der Waals surface area contributed by atoms with Crippen LogP contribution in [0, 0.1) is 0 Å². The number of anilines is 3. The van der Waals surface area contributed by atoms with E-state index in [1.165, 1.54) is 115 Å². The molecule has 0 saturated heterocycles. The van der Waals surface area contributed by atoms with E-state index in [2.05, 4.69) is 349 Å². The van der Waals surface area contributed by atoms with Crippen LogP contribution in [0.5, 0.6) is 0 Å². The molecule has 0 amide bonds. The van der Waals surface area contributed by atoms with Gasteiger partial charge in [-0.2, -0.15) is 0 Å². The minimum absolute atomic E-state index is 1.07. The Labute approximate surface area is 501 Å². The smallest absolute Gasteiger partial charge is 0.0541 e. The van der Waals surface area contributed by atoms with Gasteiger partial charge in [0.15, 0.2) is 0 Å². The molecular weight excluding hydrogens is 1040 g/mol. The molecule has 0 fully saturated rings. The average molecular weight is 1090 g/mol. The first kappa shape index (κ1) is 50.4. The van der Waals surface area contributed by atoms with E-state index in [4.69, 9.17) is 0 Å². The zero-order valence-corrected chi connectivity index (χ0v) is 47.2. The van der Waals surface area contributed by atoms with Crippen LogP contribution in [0.15, 0.2) is 340 Å². The molecule has 1 aromatic heterocycles. The van der Waals surface area contributed by atoms with Crippen molar-refractivity contribution in [1.29, 1.82) is 0 Å². The minimum atomic E-state index is 1.07. The highest BCUT2D eigenvalue weighted by Crippen LogP contribution is 2.47. The second-order valence-electron chi connectivity index (χ2n) is 22.3. The first-order chi connectivity index (χ1) is 42.7. The third-order valence-electron chi connectivity index (χ3n) is 17.4. The quantitative estimate of drug-likeness (QED) is 0.117. The number of hydrogen-bond donors (Lipinski definition) is 0. The molecule has 15 aromatic carbocycles. The highest BCUT2D eigenvalue weighted by Gasteiger charge is 2.21. The second-order valence-corrected chi connectivity index (χ2v) is 22.3. The Morgan fingerprint density at radius 3 is 1.06 bits per heavy atom. The SMILES string of the molecule is c1ccc(-c2ccccc2-c2ccc3c(c2)c2cc(-c4ccccc4-c4ccccc4)ccc2n3-c2ccc(N(c3ccccc3)c3ccc(-c4ccc(-c5c6ccccc6c(-c6cccc7ccccc67)c6ccccc56)cc4)cc3)cc2)cc1. The molecule has 16 rings (SSSR count). The van der Waals surface area contributed by atoms with Crippen molar-refractivity contribution in [3.63, 3.8) is 0 Å². The lowest BCUT2D eigenvalue weighted by Crippen LogP contribution is -2.10. The topological polar surface area (TPSA) is 8.17 Å². The van der Waals surface area contributed by atoms with Crippen molar-refractivity contribution >= 4 is 71.2 Å². The lowest BCUT2D eigenvalue weighted by Gasteiger charge is -2.26. The Morgan fingerprint density at radius 1 is 0.198 bits per heavy atom. The third-order valence-corrected chi connectivity index (χ3v) is 17.4. The monoisotopic (exact) mass is 1090 g/mol. The minimum Gasteiger partial charge on any atom is -0.311 e. The van der Waals surface area contributed by atoms with Gasteiger partial charge in [0, 0.05) is 33.5 Å². The normalized spacial score (nSPS) is 11.5. The molecule has 0 bridgehead atoms. The van der Waals surface area contributed by atoms with Crippen LogP contribution in [-0.4, -0.2) is 4.57 Å². The van der Waals surface area contributed by atoms with E-state index in [-0.39, 0.29) is 0 Å². The van der Waals surface area contributed by atoms with E-state index in [0.29, 0.717) is 0 Å². The van der Waals surface area contributed by atoms with Crippen molar-refractivity contribution in [3.05, 3.63) is 340 Å².